The Bertz CT molecular complexity index is 750. The zero-order valence-corrected chi connectivity index (χ0v) is 11.0. The molecule has 0 aliphatic carbocycles. The molecule has 2 aromatic carbocycles. The maximum atomic E-state index is 4.06. The zero-order valence-electron chi connectivity index (χ0n) is 11.0. The van der Waals surface area contributed by atoms with E-state index in [0.717, 1.165) is 11.1 Å². The Morgan fingerprint density at radius 2 is 1.40 bits per heavy atom. The van der Waals surface area contributed by atoms with Crippen LogP contribution in [0.2, 0.25) is 0 Å². The van der Waals surface area contributed by atoms with E-state index in [-0.39, 0.29) is 0 Å². The minimum Gasteiger partial charge on any atom is -0.263 e. The second-order valence-electron chi connectivity index (χ2n) is 4.44. The van der Waals surface area contributed by atoms with Crippen molar-refractivity contribution < 1.29 is 0 Å². The van der Waals surface area contributed by atoms with Gasteiger partial charge in [-0.2, -0.15) is 0 Å². The van der Waals surface area contributed by atoms with Crippen LogP contribution in [-0.4, -0.2) is 4.98 Å². The summed E-state index contributed by atoms with van der Waals surface area (Å²) in [5.41, 5.74) is 4.33. The molecule has 20 heavy (non-hydrogen) atoms. The van der Waals surface area contributed by atoms with Crippen LogP contribution in [0.25, 0.3) is 11.1 Å². The number of hydrogen-bond donors (Lipinski definition) is 0. The molecule has 0 saturated carbocycles. The Hall–Kier alpha value is -2.85. The van der Waals surface area contributed by atoms with E-state index in [1.807, 2.05) is 42.5 Å². The van der Waals surface area contributed by atoms with Gasteiger partial charge in [0, 0.05) is 23.5 Å². The third-order valence-electron chi connectivity index (χ3n) is 2.98. The second-order valence-corrected chi connectivity index (χ2v) is 4.44. The fraction of sp³-hybridized carbons (Fsp3) is 0. The van der Waals surface area contributed by atoms with Gasteiger partial charge in [0.1, 0.15) is 0 Å². The zero-order chi connectivity index (χ0) is 13.6. The highest BCUT2D eigenvalue weighted by molar-refractivity contribution is 5.65. The first-order chi connectivity index (χ1) is 9.92. The second kappa shape index (κ2) is 5.86. The standard InChI is InChI=1S/C19H13N/c1-2-8-18(9-3-1)19-10-4-6-16(14-19)11-12-17-7-5-13-20-15-17/h1-10,13-15H. The number of nitrogens with zero attached hydrogens (tertiary/aromatic N) is 1. The summed E-state index contributed by atoms with van der Waals surface area (Å²) in [6, 6.07) is 22.4. The van der Waals surface area contributed by atoms with Crippen LogP contribution in [0.3, 0.4) is 0 Å². The molecule has 0 amide bonds. The van der Waals surface area contributed by atoms with Gasteiger partial charge in [0.15, 0.2) is 0 Å². The Kier molecular flexibility index (Phi) is 3.57. The highest BCUT2D eigenvalue weighted by atomic mass is 14.6. The van der Waals surface area contributed by atoms with E-state index >= 15 is 0 Å². The van der Waals surface area contributed by atoms with Gasteiger partial charge in [-0.1, -0.05) is 54.3 Å². The van der Waals surface area contributed by atoms with E-state index in [1.54, 1.807) is 12.4 Å². The van der Waals surface area contributed by atoms with Crippen LogP contribution in [0.1, 0.15) is 11.1 Å². The van der Waals surface area contributed by atoms with Crippen molar-refractivity contribution in [3.8, 4) is 23.0 Å². The molecule has 0 radical (unpaired) electrons. The van der Waals surface area contributed by atoms with E-state index in [4.69, 9.17) is 0 Å². The van der Waals surface area contributed by atoms with Crippen molar-refractivity contribution in [2.24, 2.45) is 0 Å². The first kappa shape index (κ1) is 12.2. The summed E-state index contributed by atoms with van der Waals surface area (Å²) in [4.78, 5) is 4.06. The lowest BCUT2D eigenvalue weighted by atomic mass is 10.0. The fourth-order valence-corrected chi connectivity index (χ4v) is 1.99. The molecule has 0 aliphatic heterocycles. The molecule has 1 heteroatoms. The van der Waals surface area contributed by atoms with E-state index in [9.17, 15) is 0 Å². The molecule has 0 saturated heterocycles. The van der Waals surface area contributed by atoms with Crippen LogP contribution in [0, 0.1) is 11.8 Å². The molecule has 0 N–H and O–H groups in total. The molecule has 0 spiro atoms. The Morgan fingerprint density at radius 3 is 2.20 bits per heavy atom. The quantitative estimate of drug-likeness (QED) is 0.595. The number of hydrogen-bond acceptors (Lipinski definition) is 1. The van der Waals surface area contributed by atoms with Crippen molar-refractivity contribution >= 4 is 0 Å². The predicted molar refractivity (Wildman–Crippen MR) is 82.1 cm³/mol. The van der Waals surface area contributed by atoms with Gasteiger partial charge in [-0.3, -0.25) is 4.98 Å². The lowest BCUT2D eigenvalue weighted by Crippen LogP contribution is -1.80. The Labute approximate surface area is 118 Å². The van der Waals surface area contributed by atoms with Gasteiger partial charge in [-0.05, 0) is 35.4 Å². The predicted octanol–water partition coefficient (Wildman–Crippen LogP) is 4.15. The Morgan fingerprint density at radius 1 is 0.650 bits per heavy atom. The molecule has 0 fully saturated rings. The molecule has 94 valence electrons. The molecule has 1 heterocycles. The summed E-state index contributed by atoms with van der Waals surface area (Å²) >= 11 is 0. The van der Waals surface area contributed by atoms with Gasteiger partial charge in [-0.15, -0.1) is 0 Å². The molecule has 1 aromatic heterocycles. The molecule has 0 bridgehead atoms. The van der Waals surface area contributed by atoms with Gasteiger partial charge in [-0.25, -0.2) is 0 Å². The van der Waals surface area contributed by atoms with Crippen molar-refractivity contribution in [1.29, 1.82) is 0 Å². The van der Waals surface area contributed by atoms with Crippen LogP contribution >= 0.6 is 0 Å². The van der Waals surface area contributed by atoms with Gasteiger partial charge in [0.2, 0.25) is 0 Å². The summed E-state index contributed by atoms with van der Waals surface area (Å²) in [5.74, 6) is 6.31. The molecule has 0 unspecified atom stereocenters. The van der Waals surface area contributed by atoms with E-state index < -0.39 is 0 Å². The van der Waals surface area contributed by atoms with Gasteiger partial charge in [0.05, 0.1) is 0 Å². The summed E-state index contributed by atoms with van der Waals surface area (Å²) in [7, 11) is 0. The summed E-state index contributed by atoms with van der Waals surface area (Å²) in [6.45, 7) is 0. The Balaban J connectivity index is 1.91. The monoisotopic (exact) mass is 255 g/mol. The van der Waals surface area contributed by atoms with E-state index in [2.05, 4.69) is 41.1 Å². The normalized spacial score (nSPS) is 9.60. The largest absolute Gasteiger partial charge is 0.263 e. The van der Waals surface area contributed by atoms with Gasteiger partial charge >= 0.3 is 0 Å². The van der Waals surface area contributed by atoms with Crippen LogP contribution < -0.4 is 0 Å². The van der Waals surface area contributed by atoms with E-state index in [0.29, 0.717) is 0 Å². The SMILES string of the molecule is C(#Cc1cccc(-c2ccccc2)c1)c1cccnc1. The highest BCUT2D eigenvalue weighted by Crippen LogP contribution is 2.19. The lowest BCUT2D eigenvalue weighted by Gasteiger charge is -2.01. The molecular weight excluding hydrogens is 242 g/mol. The highest BCUT2D eigenvalue weighted by Gasteiger charge is 1.96. The molecule has 0 aliphatic rings. The van der Waals surface area contributed by atoms with Crippen LogP contribution in [-0.2, 0) is 0 Å². The van der Waals surface area contributed by atoms with Crippen molar-refractivity contribution in [3.05, 3.63) is 90.3 Å². The summed E-state index contributed by atoms with van der Waals surface area (Å²) < 4.78 is 0. The summed E-state index contributed by atoms with van der Waals surface area (Å²) in [6.07, 6.45) is 3.52. The van der Waals surface area contributed by atoms with Crippen molar-refractivity contribution in [3.63, 3.8) is 0 Å². The fourth-order valence-electron chi connectivity index (χ4n) is 1.99. The lowest BCUT2D eigenvalue weighted by molar-refractivity contribution is 1.31. The average molecular weight is 255 g/mol. The van der Waals surface area contributed by atoms with Gasteiger partial charge in [0.25, 0.3) is 0 Å². The van der Waals surface area contributed by atoms with Crippen LogP contribution in [0.5, 0.6) is 0 Å². The topological polar surface area (TPSA) is 12.9 Å². The van der Waals surface area contributed by atoms with Crippen LogP contribution in [0.4, 0.5) is 0 Å². The third-order valence-corrected chi connectivity index (χ3v) is 2.98. The minimum atomic E-state index is 0.928. The van der Waals surface area contributed by atoms with E-state index in [1.165, 1.54) is 11.1 Å². The number of benzene rings is 2. The van der Waals surface area contributed by atoms with Crippen LogP contribution in [0.15, 0.2) is 79.1 Å². The number of pyridine rings is 1. The first-order valence-corrected chi connectivity index (χ1v) is 6.49. The number of rotatable bonds is 1. The van der Waals surface area contributed by atoms with Gasteiger partial charge < -0.3 is 0 Å². The average Bonchev–Trinajstić information content (AvgIpc) is 2.55. The van der Waals surface area contributed by atoms with Crippen molar-refractivity contribution in [2.75, 3.05) is 0 Å². The molecule has 3 rings (SSSR count). The number of aromatic nitrogens is 1. The molecule has 3 aromatic rings. The minimum absolute atomic E-state index is 0.928. The third kappa shape index (κ3) is 2.93. The summed E-state index contributed by atoms with van der Waals surface area (Å²) in [5, 5.41) is 0. The molecule has 0 atom stereocenters. The van der Waals surface area contributed by atoms with Crippen molar-refractivity contribution in [1.82, 2.24) is 4.98 Å². The maximum absolute atomic E-state index is 4.06. The molecule has 1 nitrogen and oxygen atoms in total. The molecular formula is C19H13N. The maximum Gasteiger partial charge on any atom is 0.0432 e. The first-order valence-electron chi connectivity index (χ1n) is 6.49. The van der Waals surface area contributed by atoms with Crippen molar-refractivity contribution in [2.45, 2.75) is 0 Å². The smallest absolute Gasteiger partial charge is 0.0432 e.